The van der Waals surface area contributed by atoms with Crippen molar-refractivity contribution in [3.8, 4) is 0 Å². The molecule has 1 saturated carbocycles. The van der Waals surface area contributed by atoms with Crippen LogP contribution in [-0.4, -0.2) is 76.8 Å². The predicted molar refractivity (Wildman–Crippen MR) is 157 cm³/mol. The van der Waals surface area contributed by atoms with Gasteiger partial charge in [-0.2, -0.15) is 0 Å². The van der Waals surface area contributed by atoms with Crippen LogP contribution in [0.5, 0.6) is 0 Å². The van der Waals surface area contributed by atoms with Crippen LogP contribution in [0.2, 0.25) is 0 Å². The van der Waals surface area contributed by atoms with E-state index in [9.17, 15) is 24.0 Å². The molecule has 0 unspecified atom stereocenters. The van der Waals surface area contributed by atoms with Crippen LogP contribution >= 0.6 is 46.2 Å². The Bertz CT molecular complexity index is 1270. The zero-order chi connectivity index (χ0) is 27.8. The number of rotatable bonds is 12. The molecule has 0 radical (unpaired) electrons. The Morgan fingerprint density at radius 3 is 2.49 bits per heavy atom. The zero-order valence-electron chi connectivity index (χ0n) is 20.8. The van der Waals surface area contributed by atoms with E-state index in [2.05, 4.69) is 10.6 Å². The molecule has 0 atom stereocenters. The van der Waals surface area contributed by atoms with Crippen LogP contribution < -0.4 is 16.4 Å². The Kier molecular flexibility index (Phi) is 10.4. The van der Waals surface area contributed by atoms with E-state index in [0.29, 0.717) is 4.91 Å². The fourth-order valence-corrected chi connectivity index (χ4v) is 6.56. The third-order valence-electron chi connectivity index (χ3n) is 5.47. The molecule has 206 valence electrons. The average molecular weight is 606 g/mol. The molecule has 0 aromatic carbocycles. The second-order valence-corrected chi connectivity index (χ2v) is 12.4. The first-order valence-electron chi connectivity index (χ1n) is 12.1. The number of amides is 6. The Morgan fingerprint density at radius 2 is 1.85 bits per heavy atom. The minimum atomic E-state index is -0.702. The monoisotopic (exact) mass is 605 g/mol. The molecule has 2 aromatic rings. The third-order valence-corrected chi connectivity index (χ3v) is 9.03. The first-order valence-corrected chi connectivity index (χ1v) is 15.7. The number of nitrogens with one attached hydrogen (secondary N) is 2. The Morgan fingerprint density at radius 1 is 1.13 bits per heavy atom. The van der Waals surface area contributed by atoms with E-state index in [0.717, 1.165) is 55.9 Å². The highest BCUT2D eigenvalue weighted by Crippen LogP contribution is 2.32. The lowest BCUT2D eigenvalue weighted by atomic mass is 10.3. The number of hydrogen-bond acceptors (Lipinski definition) is 10. The van der Waals surface area contributed by atoms with Crippen LogP contribution in [-0.2, 0) is 14.4 Å². The summed E-state index contributed by atoms with van der Waals surface area (Å²) in [6.45, 7) is -0.101. The summed E-state index contributed by atoms with van der Waals surface area (Å²) in [4.78, 5) is 68.0. The van der Waals surface area contributed by atoms with Gasteiger partial charge in [0.25, 0.3) is 17.1 Å². The number of urea groups is 1. The van der Waals surface area contributed by atoms with Crippen LogP contribution in [0.4, 0.5) is 9.59 Å². The fraction of sp³-hybridized carbons (Fsp3) is 0.320. The van der Waals surface area contributed by atoms with Gasteiger partial charge in [0.2, 0.25) is 5.91 Å². The van der Waals surface area contributed by atoms with E-state index >= 15 is 0 Å². The number of carbonyl (C=O) groups excluding carboxylic acids is 5. The van der Waals surface area contributed by atoms with Gasteiger partial charge in [0.05, 0.1) is 15.6 Å². The molecule has 0 spiro atoms. The van der Waals surface area contributed by atoms with Gasteiger partial charge in [0.1, 0.15) is 0 Å². The van der Waals surface area contributed by atoms with Gasteiger partial charge >= 0.3 is 6.03 Å². The zero-order valence-corrected chi connectivity index (χ0v) is 24.1. The SMILES string of the molecule is NCCN(C(=O)NCCN1C(=O)SC(=Cc2cccs2)C1=O)C(=O)C(=Cc1cccs1)SCC(=O)NC1CC1. The second-order valence-electron chi connectivity index (χ2n) is 8.48. The van der Waals surface area contributed by atoms with Gasteiger partial charge in [-0.05, 0) is 59.6 Å². The number of hydrogen-bond donors (Lipinski definition) is 3. The summed E-state index contributed by atoms with van der Waals surface area (Å²) < 4.78 is 0. The predicted octanol–water partition coefficient (Wildman–Crippen LogP) is 3.40. The van der Waals surface area contributed by atoms with Gasteiger partial charge in [0, 0.05) is 42.0 Å². The standard InChI is InChI=1S/C25H27N5O5S4/c26-7-9-29(22(32)19(13-17-3-1-11-36-17)38-15-21(31)28-16-5-6-16)24(34)27-8-10-30-23(33)20(39-25(30)35)14-18-4-2-12-37-18/h1-4,11-14,16H,5-10,15,26H2,(H,27,34)(H,28,31). The third kappa shape index (κ3) is 8.29. The van der Waals surface area contributed by atoms with Crippen molar-refractivity contribution in [3.05, 3.63) is 54.6 Å². The summed E-state index contributed by atoms with van der Waals surface area (Å²) in [6, 6.07) is 6.88. The molecular formula is C25H27N5O5S4. The molecule has 2 aromatic heterocycles. The van der Waals surface area contributed by atoms with Gasteiger partial charge in [-0.3, -0.25) is 29.0 Å². The van der Waals surface area contributed by atoms with Crippen LogP contribution in [0, 0.1) is 0 Å². The molecule has 1 aliphatic heterocycles. The number of carbonyl (C=O) groups is 5. The van der Waals surface area contributed by atoms with Crippen molar-refractivity contribution in [1.82, 2.24) is 20.4 Å². The van der Waals surface area contributed by atoms with E-state index in [1.807, 2.05) is 35.0 Å². The molecule has 0 bridgehead atoms. The molecule has 14 heteroatoms. The van der Waals surface area contributed by atoms with E-state index in [1.165, 1.54) is 22.7 Å². The smallest absolute Gasteiger partial charge is 0.324 e. The number of nitrogens with zero attached hydrogens (tertiary/aromatic N) is 2. The Labute approximate surface area is 242 Å². The lowest BCUT2D eigenvalue weighted by Crippen LogP contribution is -2.48. The van der Waals surface area contributed by atoms with Gasteiger partial charge in [0.15, 0.2) is 0 Å². The maximum absolute atomic E-state index is 13.4. The van der Waals surface area contributed by atoms with Gasteiger partial charge in [-0.25, -0.2) is 4.79 Å². The fourth-order valence-electron chi connectivity index (χ4n) is 3.43. The van der Waals surface area contributed by atoms with Crippen molar-refractivity contribution < 1.29 is 24.0 Å². The van der Waals surface area contributed by atoms with Crippen molar-refractivity contribution >= 4 is 87.3 Å². The number of imide groups is 2. The Balaban J connectivity index is 1.37. The molecule has 10 nitrogen and oxygen atoms in total. The van der Waals surface area contributed by atoms with E-state index < -0.39 is 23.1 Å². The molecule has 4 rings (SSSR count). The highest BCUT2D eigenvalue weighted by molar-refractivity contribution is 8.18. The van der Waals surface area contributed by atoms with Gasteiger partial charge in [-0.15, -0.1) is 34.4 Å². The van der Waals surface area contributed by atoms with E-state index in [-0.39, 0.29) is 48.8 Å². The van der Waals surface area contributed by atoms with Crippen molar-refractivity contribution in [2.24, 2.45) is 5.73 Å². The molecular weight excluding hydrogens is 579 g/mol. The maximum atomic E-state index is 13.4. The van der Waals surface area contributed by atoms with Crippen molar-refractivity contribution in [2.45, 2.75) is 18.9 Å². The molecule has 2 aliphatic rings. The lowest BCUT2D eigenvalue weighted by Gasteiger charge is -2.22. The lowest BCUT2D eigenvalue weighted by molar-refractivity contribution is -0.124. The van der Waals surface area contributed by atoms with Crippen LogP contribution in [0.15, 0.2) is 44.8 Å². The van der Waals surface area contributed by atoms with Gasteiger partial charge < -0.3 is 16.4 Å². The molecule has 6 amide bonds. The number of thioether (sulfide) groups is 2. The summed E-state index contributed by atoms with van der Waals surface area (Å²) in [6.07, 6.45) is 5.23. The first-order chi connectivity index (χ1) is 18.9. The quantitative estimate of drug-likeness (QED) is 0.313. The molecule has 1 aliphatic carbocycles. The Hall–Kier alpha value is -2.91. The van der Waals surface area contributed by atoms with Gasteiger partial charge in [-0.1, -0.05) is 12.1 Å². The molecule has 3 heterocycles. The number of nitrogens with two attached hydrogens (primary N) is 1. The molecule has 2 fully saturated rings. The van der Waals surface area contributed by atoms with Crippen molar-refractivity contribution in [1.29, 1.82) is 0 Å². The summed E-state index contributed by atoms with van der Waals surface area (Å²) in [5.41, 5.74) is 5.69. The summed E-state index contributed by atoms with van der Waals surface area (Å²) >= 11 is 4.79. The minimum Gasteiger partial charge on any atom is -0.353 e. The maximum Gasteiger partial charge on any atom is 0.324 e. The second kappa shape index (κ2) is 13.9. The molecule has 39 heavy (non-hydrogen) atoms. The topological polar surface area (TPSA) is 142 Å². The van der Waals surface area contributed by atoms with Crippen LogP contribution in [0.3, 0.4) is 0 Å². The summed E-state index contributed by atoms with van der Waals surface area (Å²) in [5.74, 6) is -1.15. The first kappa shape index (κ1) is 29.1. The normalized spacial score (nSPS) is 16.6. The number of thiophene rings is 2. The van der Waals surface area contributed by atoms with Crippen LogP contribution in [0.1, 0.15) is 22.6 Å². The van der Waals surface area contributed by atoms with E-state index in [1.54, 1.807) is 12.2 Å². The average Bonchev–Trinajstić information content (AvgIpc) is 3.26. The van der Waals surface area contributed by atoms with Crippen LogP contribution in [0.25, 0.3) is 12.2 Å². The highest BCUT2D eigenvalue weighted by Gasteiger charge is 2.35. The molecule has 4 N–H and O–H groups in total. The van der Waals surface area contributed by atoms with E-state index in [4.69, 9.17) is 5.73 Å². The summed E-state index contributed by atoms with van der Waals surface area (Å²) in [7, 11) is 0. The van der Waals surface area contributed by atoms with Crippen molar-refractivity contribution in [2.75, 3.05) is 31.9 Å². The molecule has 1 saturated heterocycles. The largest absolute Gasteiger partial charge is 0.353 e. The minimum absolute atomic E-state index is 0.0366. The highest BCUT2D eigenvalue weighted by atomic mass is 32.2. The summed E-state index contributed by atoms with van der Waals surface area (Å²) in [5, 5.41) is 8.82. The van der Waals surface area contributed by atoms with Crippen molar-refractivity contribution in [3.63, 3.8) is 0 Å².